The maximum Gasteiger partial charge on any atom is 0.318 e. The van der Waals surface area contributed by atoms with Crippen LogP contribution in [0, 0.1) is 0 Å². The molecule has 0 bridgehead atoms. The number of carboxylic acid groups (broad SMARTS) is 1. The van der Waals surface area contributed by atoms with Crippen molar-refractivity contribution in [1.29, 1.82) is 0 Å². The maximum absolute atomic E-state index is 11.1. The van der Waals surface area contributed by atoms with E-state index < -0.39 is 11.9 Å². The van der Waals surface area contributed by atoms with Gasteiger partial charge in [0.2, 0.25) is 0 Å². The number of carbonyl (C=O) groups is 2. The van der Waals surface area contributed by atoms with Gasteiger partial charge in [-0.2, -0.15) is 0 Å². The Hall–Kier alpha value is -2.42. The molecule has 0 aromatic heterocycles. The highest BCUT2D eigenvalue weighted by Crippen LogP contribution is 2.28. The summed E-state index contributed by atoms with van der Waals surface area (Å²) in [7, 11) is 0. The zero-order valence-electron chi connectivity index (χ0n) is 9.61. The second-order valence-electron chi connectivity index (χ2n) is 3.91. The fraction of sp³-hybridized carbons (Fsp3) is 0.0667. The molecule has 1 unspecified atom stereocenters. The molecule has 0 saturated carbocycles. The van der Waals surface area contributed by atoms with Crippen LogP contribution in [0.3, 0.4) is 0 Å². The van der Waals surface area contributed by atoms with Gasteiger partial charge in [-0.05, 0) is 16.7 Å². The lowest BCUT2D eigenvalue weighted by Crippen LogP contribution is -2.13. The molecule has 1 atom stereocenters. The van der Waals surface area contributed by atoms with Gasteiger partial charge in [-0.15, -0.1) is 0 Å². The van der Waals surface area contributed by atoms with E-state index in [0.29, 0.717) is 11.8 Å². The molecule has 3 nitrogen and oxygen atoms in total. The molecule has 2 aromatic carbocycles. The van der Waals surface area contributed by atoms with Gasteiger partial charge in [-0.1, -0.05) is 54.6 Å². The molecule has 0 aliphatic rings. The fourth-order valence-electron chi connectivity index (χ4n) is 1.91. The second-order valence-corrected chi connectivity index (χ2v) is 3.91. The van der Waals surface area contributed by atoms with Gasteiger partial charge >= 0.3 is 5.97 Å². The van der Waals surface area contributed by atoms with Crippen molar-refractivity contribution in [3.63, 3.8) is 0 Å². The average Bonchev–Trinajstić information content (AvgIpc) is 2.41. The maximum atomic E-state index is 11.1. The van der Waals surface area contributed by atoms with E-state index in [4.69, 9.17) is 5.11 Å². The Morgan fingerprint density at radius 2 is 1.61 bits per heavy atom. The van der Waals surface area contributed by atoms with Gasteiger partial charge in [-0.25, -0.2) is 0 Å². The third-order valence-corrected chi connectivity index (χ3v) is 2.78. The molecular weight excluding hydrogens is 228 g/mol. The van der Waals surface area contributed by atoms with Crippen molar-refractivity contribution in [3.05, 3.63) is 60.2 Å². The van der Waals surface area contributed by atoms with E-state index in [1.54, 1.807) is 12.1 Å². The van der Waals surface area contributed by atoms with Crippen LogP contribution in [0.5, 0.6) is 0 Å². The first kappa shape index (κ1) is 12.0. The van der Waals surface area contributed by atoms with E-state index in [1.807, 2.05) is 42.5 Å². The van der Waals surface area contributed by atoms with Gasteiger partial charge in [-0.3, -0.25) is 4.79 Å². The summed E-state index contributed by atoms with van der Waals surface area (Å²) in [6.07, 6.45) is 0.462. The lowest BCUT2D eigenvalue weighted by Gasteiger charge is -2.12. The Morgan fingerprint density at radius 1 is 1.00 bits per heavy atom. The third-order valence-electron chi connectivity index (χ3n) is 2.78. The molecule has 90 valence electrons. The van der Waals surface area contributed by atoms with Crippen LogP contribution in [0.25, 0.3) is 11.1 Å². The Balaban J connectivity index is 2.56. The number of carboxylic acids is 1. The number of aldehydes is 1. The molecule has 0 amide bonds. The summed E-state index contributed by atoms with van der Waals surface area (Å²) in [6, 6.07) is 16.5. The van der Waals surface area contributed by atoms with E-state index in [9.17, 15) is 9.59 Å². The van der Waals surface area contributed by atoms with Crippen LogP contribution in [0.1, 0.15) is 11.5 Å². The molecule has 0 spiro atoms. The molecule has 2 aromatic rings. The Labute approximate surface area is 105 Å². The summed E-state index contributed by atoms with van der Waals surface area (Å²) in [5, 5.41) is 9.07. The molecule has 0 fully saturated rings. The van der Waals surface area contributed by atoms with E-state index in [0.717, 1.165) is 11.1 Å². The highest BCUT2D eigenvalue weighted by Gasteiger charge is 2.21. The first-order valence-corrected chi connectivity index (χ1v) is 5.56. The van der Waals surface area contributed by atoms with Crippen LogP contribution >= 0.6 is 0 Å². The minimum atomic E-state index is -1.13. The standard InChI is InChI=1S/C15H12O3/c16-10-14(15(17)18)13-9-5-4-8-12(13)11-6-2-1-3-7-11/h1-10,14H,(H,17,18). The van der Waals surface area contributed by atoms with Crippen molar-refractivity contribution in [2.45, 2.75) is 5.92 Å². The minimum Gasteiger partial charge on any atom is -0.480 e. The molecule has 0 radical (unpaired) electrons. The lowest BCUT2D eigenvalue weighted by molar-refractivity contribution is -0.140. The van der Waals surface area contributed by atoms with Gasteiger partial charge in [0, 0.05) is 0 Å². The number of aliphatic carboxylic acids is 1. The van der Waals surface area contributed by atoms with Crippen LogP contribution in [-0.4, -0.2) is 17.4 Å². The number of carbonyl (C=O) groups excluding carboxylic acids is 1. The summed E-state index contributed by atoms with van der Waals surface area (Å²) in [6.45, 7) is 0. The monoisotopic (exact) mass is 240 g/mol. The summed E-state index contributed by atoms with van der Waals surface area (Å²) in [5.41, 5.74) is 2.20. The minimum absolute atomic E-state index is 0.462. The molecule has 0 aliphatic carbocycles. The quantitative estimate of drug-likeness (QED) is 0.660. The SMILES string of the molecule is O=CC(C(=O)O)c1ccccc1-c1ccccc1. The van der Waals surface area contributed by atoms with Gasteiger partial charge in [0.1, 0.15) is 12.2 Å². The molecule has 3 heteroatoms. The van der Waals surface area contributed by atoms with Crippen LogP contribution in [0.4, 0.5) is 0 Å². The summed E-state index contributed by atoms with van der Waals surface area (Å²) < 4.78 is 0. The highest BCUT2D eigenvalue weighted by atomic mass is 16.4. The number of hydrogen-bond acceptors (Lipinski definition) is 2. The molecule has 1 N–H and O–H groups in total. The van der Waals surface area contributed by atoms with Crippen molar-refractivity contribution in [2.75, 3.05) is 0 Å². The zero-order chi connectivity index (χ0) is 13.0. The molecule has 18 heavy (non-hydrogen) atoms. The summed E-state index contributed by atoms with van der Waals surface area (Å²) >= 11 is 0. The van der Waals surface area contributed by atoms with Gasteiger partial charge in [0.15, 0.2) is 0 Å². The van der Waals surface area contributed by atoms with Crippen molar-refractivity contribution < 1.29 is 14.7 Å². The topological polar surface area (TPSA) is 54.4 Å². The van der Waals surface area contributed by atoms with E-state index in [1.165, 1.54) is 0 Å². The zero-order valence-corrected chi connectivity index (χ0v) is 9.61. The number of rotatable bonds is 4. The van der Waals surface area contributed by atoms with Crippen LogP contribution in [-0.2, 0) is 9.59 Å². The van der Waals surface area contributed by atoms with Crippen molar-refractivity contribution in [3.8, 4) is 11.1 Å². The van der Waals surface area contributed by atoms with Gasteiger partial charge < -0.3 is 9.90 Å². The molecular formula is C15H12O3. The third kappa shape index (κ3) is 2.30. The van der Waals surface area contributed by atoms with Crippen molar-refractivity contribution in [2.24, 2.45) is 0 Å². The first-order chi connectivity index (χ1) is 8.74. The smallest absolute Gasteiger partial charge is 0.318 e. The fourth-order valence-corrected chi connectivity index (χ4v) is 1.91. The Bertz CT molecular complexity index is 561. The second kappa shape index (κ2) is 5.27. The Morgan fingerprint density at radius 3 is 2.22 bits per heavy atom. The number of benzene rings is 2. The summed E-state index contributed by atoms with van der Waals surface area (Å²) in [4.78, 5) is 22.0. The lowest BCUT2D eigenvalue weighted by atomic mass is 9.91. The van der Waals surface area contributed by atoms with Gasteiger partial charge in [0.05, 0.1) is 0 Å². The summed E-state index contributed by atoms with van der Waals surface area (Å²) in [5.74, 6) is -2.25. The van der Waals surface area contributed by atoms with Crippen molar-refractivity contribution >= 4 is 12.3 Å². The van der Waals surface area contributed by atoms with E-state index in [2.05, 4.69) is 0 Å². The van der Waals surface area contributed by atoms with Crippen LogP contribution in [0.2, 0.25) is 0 Å². The predicted molar refractivity (Wildman–Crippen MR) is 68.3 cm³/mol. The molecule has 0 aliphatic heterocycles. The molecule has 0 heterocycles. The Kier molecular flexibility index (Phi) is 3.53. The van der Waals surface area contributed by atoms with E-state index >= 15 is 0 Å². The largest absolute Gasteiger partial charge is 0.480 e. The predicted octanol–water partition coefficient (Wildman–Crippen LogP) is 2.72. The first-order valence-electron chi connectivity index (χ1n) is 5.56. The normalized spacial score (nSPS) is 11.8. The van der Waals surface area contributed by atoms with E-state index in [-0.39, 0.29) is 0 Å². The van der Waals surface area contributed by atoms with Gasteiger partial charge in [0.25, 0.3) is 0 Å². The average molecular weight is 240 g/mol. The van der Waals surface area contributed by atoms with Crippen LogP contribution in [0.15, 0.2) is 54.6 Å². The molecule has 0 saturated heterocycles. The van der Waals surface area contributed by atoms with Crippen molar-refractivity contribution in [1.82, 2.24) is 0 Å². The molecule has 2 rings (SSSR count). The van der Waals surface area contributed by atoms with Crippen LogP contribution < -0.4 is 0 Å². The highest BCUT2D eigenvalue weighted by molar-refractivity contribution is 5.95. The number of hydrogen-bond donors (Lipinski definition) is 1.